The first-order chi connectivity index (χ1) is 13.2. The SMILES string of the molecule is CCc1ccc2nc(N(CC[NH+](CC)CC)C(=O)c3ccccc3)sc2c1. The normalized spacial score (nSPS) is 11.3. The van der Waals surface area contributed by atoms with Crippen LogP contribution in [0.3, 0.4) is 0 Å². The Bertz CT molecular complexity index is 887. The molecule has 0 unspecified atom stereocenters. The van der Waals surface area contributed by atoms with Crippen molar-refractivity contribution in [2.45, 2.75) is 27.2 Å². The predicted molar refractivity (Wildman–Crippen MR) is 114 cm³/mol. The van der Waals surface area contributed by atoms with Crippen LogP contribution in [0.4, 0.5) is 5.13 Å². The topological polar surface area (TPSA) is 37.6 Å². The van der Waals surface area contributed by atoms with Crippen LogP contribution in [-0.2, 0) is 6.42 Å². The van der Waals surface area contributed by atoms with E-state index in [9.17, 15) is 4.79 Å². The molecule has 1 N–H and O–H groups in total. The highest BCUT2D eigenvalue weighted by atomic mass is 32.1. The van der Waals surface area contributed by atoms with Crippen molar-refractivity contribution < 1.29 is 9.69 Å². The number of carbonyl (C=O) groups excluding carboxylic acids is 1. The molecule has 0 bridgehead atoms. The van der Waals surface area contributed by atoms with E-state index in [1.165, 1.54) is 10.5 Å². The quantitative estimate of drug-likeness (QED) is 0.648. The van der Waals surface area contributed by atoms with E-state index in [4.69, 9.17) is 4.98 Å². The first-order valence-electron chi connectivity index (χ1n) is 9.76. The molecule has 142 valence electrons. The van der Waals surface area contributed by atoms with Crippen molar-refractivity contribution >= 4 is 32.6 Å². The predicted octanol–water partition coefficient (Wildman–Crippen LogP) is 3.43. The summed E-state index contributed by atoms with van der Waals surface area (Å²) in [5, 5.41) is 0.790. The smallest absolute Gasteiger partial charge is 0.260 e. The molecule has 0 spiro atoms. The summed E-state index contributed by atoms with van der Waals surface area (Å²) < 4.78 is 1.14. The molecule has 3 aromatic rings. The van der Waals surface area contributed by atoms with Crippen molar-refractivity contribution in [3.05, 3.63) is 59.7 Å². The number of nitrogens with zero attached hydrogens (tertiary/aromatic N) is 2. The Morgan fingerprint density at radius 3 is 2.48 bits per heavy atom. The van der Waals surface area contributed by atoms with Crippen LogP contribution in [0.25, 0.3) is 10.2 Å². The number of likely N-dealkylation sites (N-methyl/N-ethyl adjacent to an activating group) is 1. The van der Waals surface area contributed by atoms with E-state index >= 15 is 0 Å². The summed E-state index contributed by atoms with van der Waals surface area (Å²) in [6, 6.07) is 15.9. The molecule has 0 aliphatic heterocycles. The molecule has 0 fully saturated rings. The summed E-state index contributed by atoms with van der Waals surface area (Å²) in [5.74, 6) is 0.0249. The van der Waals surface area contributed by atoms with E-state index in [1.54, 1.807) is 11.3 Å². The van der Waals surface area contributed by atoms with Gasteiger partial charge in [0.2, 0.25) is 0 Å². The van der Waals surface area contributed by atoms with Gasteiger partial charge in [0.1, 0.15) is 0 Å². The molecule has 0 aliphatic rings. The molecule has 1 amide bonds. The maximum absolute atomic E-state index is 13.2. The number of hydrogen-bond acceptors (Lipinski definition) is 3. The number of thiazole rings is 1. The third-order valence-electron chi connectivity index (χ3n) is 5.04. The van der Waals surface area contributed by atoms with Crippen molar-refractivity contribution in [3.8, 4) is 0 Å². The Kier molecular flexibility index (Phi) is 6.58. The molecule has 1 heterocycles. The minimum absolute atomic E-state index is 0.0249. The van der Waals surface area contributed by atoms with Gasteiger partial charge in [-0.15, -0.1) is 0 Å². The third kappa shape index (κ3) is 4.54. The van der Waals surface area contributed by atoms with Crippen molar-refractivity contribution in [2.75, 3.05) is 31.1 Å². The van der Waals surface area contributed by atoms with E-state index in [-0.39, 0.29) is 5.91 Å². The number of carbonyl (C=O) groups is 1. The van der Waals surface area contributed by atoms with Crippen LogP contribution in [0.2, 0.25) is 0 Å². The molecule has 27 heavy (non-hydrogen) atoms. The number of aryl methyl sites for hydroxylation is 1. The highest BCUT2D eigenvalue weighted by Gasteiger charge is 2.22. The minimum Gasteiger partial charge on any atom is -0.334 e. The monoisotopic (exact) mass is 382 g/mol. The van der Waals surface area contributed by atoms with Gasteiger partial charge in [-0.1, -0.05) is 42.5 Å². The Balaban J connectivity index is 1.94. The van der Waals surface area contributed by atoms with E-state index < -0.39 is 0 Å². The van der Waals surface area contributed by atoms with Gasteiger partial charge in [0.25, 0.3) is 5.91 Å². The second-order valence-electron chi connectivity index (χ2n) is 6.68. The van der Waals surface area contributed by atoms with Gasteiger partial charge in [-0.2, -0.15) is 0 Å². The van der Waals surface area contributed by atoms with Crippen molar-refractivity contribution in [1.82, 2.24) is 4.98 Å². The number of quaternary nitrogens is 1. The lowest BCUT2D eigenvalue weighted by Crippen LogP contribution is -3.12. The van der Waals surface area contributed by atoms with Crippen LogP contribution in [0.5, 0.6) is 0 Å². The van der Waals surface area contributed by atoms with Crippen molar-refractivity contribution in [3.63, 3.8) is 0 Å². The maximum Gasteiger partial charge on any atom is 0.260 e. The first-order valence-corrected chi connectivity index (χ1v) is 10.6. The largest absolute Gasteiger partial charge is 0.334 e. The van der Waals surface area contributed by atoms with E-state index in [2.05, 4.69) is 39.0 Å². The van der Waals surface area contributed by atoms with E-state index in [0.29, 0.717) is 12.1 Å². The lowest BCUT2D eigenvalue weighted by molar-refractivity contribution is -0.894. The summed E-state index contributed by atoms with van der Waals surface area (Å²) in [5.41, 5.74) is 2.97. The van der Waals surface area contributed by atoms with Gasteiger partial charge in [-0.05, 0) is 50.1 Å². The number of benzene rings is 2. The highest BCUT2D eigenvalue weighted by molar-refractivity contribution is 7.22. The number of anilines is 1. The van der Waals surface area contributed by atoms with Gasteiger partial charge in [-0.25, -0.2) is 4.98 Å². The van der Waals surface area contributed by atoms with Crippen LogP contribution >= 0.6 is 11.3 Å². The molecule has 4 nitrogen and oxygen atoms in total. The Morgan fingerprint density at radius 2 is 1.81 bits per heavy atom. The zero-order valence-corrected chi connectivity index (χ0v) is 17.2. The number of hydrogen-bond donors (Lipinski definition) is 1. The molecule has 0 atom stereocenters. The zero-order valence-electron chi connectivity index (χ0n) is 16.4. The van der Waals surface area contributed by atoms with Crippen molar-refractivity contribution in [1.29, 1.82) is 0 Å². The van der Waals surface area contributed by atoms with Gasteiger partial charge in [0, 0.05) is 5.56 Å². The van der Waals surface area contributed by atoms with Gasteiger partial charge in [0.15, 0.2) is 5.13 Å². The molecular formula is C22H28N3OS+. The van der Waals surface area contributed by atoms with Crippen LogP contribution < -0.4 is 9.80 Å². The fourth-order valence-electron chi connectivity index (χ4n) is 3.19. The van der Waals surface area contributed by atoms with Gasteiger partial charge in [0.05, 0.1) is 36.4 Å². The zero-order chi connectivity index (χ0) is 19.2. The number of aromatic nitrogens is 1. The molecular weight excluding hydrogens is 354 g/mol. The molecule has 5 heteroatoms. The summed E-state index contributed by atoms with van der Waals surface area (Å²) in [4.78, 5) is 21.3. The maximum atomic E-state index is 13.2. The van der Waals surface area contributed by atoms with Crippen LogP contribution in [0.15, 0.2) is 48.5 Å². The molecule has 2 aromatic carbocycles. The van der Waals surface area contributed by atoms with Gasteiger partial charge < -0.3 is 4.90 Å². The summed E-state index contributed by atoms with van der Waals surface area (Å²) in [6.07, 6.45) is 1.00. The molecule has 0 saturated carbocycles. The molecule has 0 saturated heterocycles. The minimum atomic E-state index is 0.0249. The van der Waals surface area contributed by atoms with Gasteiger partial charge in [-0.3, -0.25) is 9.69 Å². The average molecular weight is 383 g/mol. The summed E-state index contributed by atoms with van der Waals surface area (Å²) in [7, 11) is 0. The Hall–Kier alpha value is -2.24. The lowest BCUT2D eigenvalue weighted by Gasteiger charge is -2.23. The molecule has 0 aliphatic carbocycles. The number of rotatable bonds is 8. The number of fused-ring (bicyclic) bond motifs is 1. The summed E-state index contributed by atoms with van der Waals surface area (Å²) in [6.45, 7) is 10.2. The van der Waals surface area contributed by atoms with E-state index in [1.807, 2.05) is 35.2 Å². The molecule has 0 radical (unpaired) electrons. The number of nitrogens with one attached hydrogen (secondary N) is 1. The average Bonchev–Trinajstić information content (AvgIpc) is 3.14. The third-order valence-corrected chi connectivity index (χ3v) is 6.08. The second-order valence-corrected chi connectivity index (χ2v) is 7.69. The highest BCUT2D eigenvalue weighted by Crippen LogP contribution is 2.30. The Labute approximate surface area is 165 Å². The standard InChI is InChI=1S/C22H27N3OS/c1-4-17-12-13-19-20(16-17)27-22(23-19)25(15-14-24(5-2)6-3)21(26)18-10-8-7-9-11-18/h7-13,16H,4-6,14-15H2,1-3H3/p+1. The lowest BCUT2D eigenvalue weighted by atomic mass is 10.2. The van der Waals surface area contributed by atoms with Crippen LogP contribution in [0.1, 0.15) is 36.7 Å². The Morgan fingerprint density at radius 1 is 1.07 bits per heavy atom. The summed E-state index contributed by atoms with van der Waals surface area (Å²) >= 11 is 1.61. The second kappa shape index (κ2) is 9.11. The fraction of sp³-hybridized carbons (Fsp3) is 0.364. The number of amides is 1. The fourth-order valence-corrected chi connectivity index (χ4v) is 4.24. The molecule has 1 aromatic heterocycles. The van der Waals surface area contributed by atoms with Crippen LogP contribution in [0, 0.1) is 0 Å². The van der Waals surface area contributed by atoms with Crippen LogP contribution in [-0.4, -0.2) is 37.1 Å². The van der Waals surface area contributed by atoms with E-state index in [0.717, 1.165) is 41.4 Å². The first kappa shape index (κ1) is 19.5. The molecule has 3 rings (SSSR count). The van der Waals surface area contributed by atoms with Crippen molar-refractivity contribution in [2.24, 2.45) is 0 Å². The van der Waals surface area contributed by atoms with Gasteiger partial charge >= 0.3 is 0 Å².